The van der Waals surface area contributed by atoms with Gasteiger partial charge in [-0.25, -0.2) is 4.98 Å². The summed E-state index contributed by atoms with van der Waals surface area (Å²) in [5, 5.41) is 2.06. The van der Waals surface area contributed by atoms with Crippen molar-refractivity contribution < 1.29 is 4.74 Å². The lowest BCUT2D eigenvalue weighted by Gasteiger charge is -2.19. The molecule has 0 aliphatic carbocycles. The summed E-state index contributed by atoms with van der Waals surface area (Å²) in [7, 11) is 0. The van der Waals surface area contributed by atoms with Crippen LogP contribution in [0.15, 0.2) is 0 Å². The topological polar surface area (TPSA) is 48.1 Å². The molecule has 1 aliphatic heterocycles. The van der Waals surface area contributed by atoms with E-state index in [9.17, 15) is 0 Å². The molecule has 0 unspecified atom stereocenters. The van der Waals surface area contributed by atoms with Crippen molar-refractivity contribution in [1.29, 1.82) is 0 Å². The smallest absolute Gasteiger partial charge is 0.109 e. The molecule has 0 atom stereocenters. The Hall–Kier alpha value is -0.610. The summed E-state index contributed by atoms with van der Waals surface area (Å²) < 4.78 is 5.30. The number of aromatic nitrogens is 1. The molecule has 2 N–H and O–H groups in total. The van der Waals surface area contributed by atoms with Crippen LogP contribution in [-0.4, -0.2) is 18.2 Å². The second-order valence-electron chi connectivity index (χ2n) is 3.39. The van der Waals surface area contributed by atoms with E-state index >= 15 is 0 Å². The first kappa shape index (κ1) is 8.97. The van der Waals surface area contributed by atoms with Gasteiger partial charge < -0.3 is 10.5 Å². The standard InChI is InChI=1S/C9H14N2OS/c1-6-8(10)13-9(11-6)7-2-4-12-5-3-7/h7H,2-5,10H2,1H3. The van der Waals surface area contributed by atoms with Gasteiger partial charge in [0.15, 0.2) is 0 Å². The van der Waals surface area contributed by atoms with Crippen LogP contribution < -0.4 is 5.73 Å². The Morgan fingerprint density at radius 1 is 1.46 bits per heavy atom. The number of hydrogen-bond donors (Lipinski definition) is 1. The predicted octanol–water partition coefficient (Wildman–Crippen LogP) is 1.93. The van der Waals surface area contributed by atoms with Crippen LogP contribution in [0.3, 0.4) is 0 Å². The second-order valence-corrected chi connectivity index (χ2v) is 4.45. The average molecular weight is 198 g/mol. The van der Waals surface area contributed by atoms with E-state index in [1.807, 2.05) is 6.92 Å². The number of nitrogen functional groups attached to an aromatic ring is 1. The van der Waals surface area contributed by atoms with Gasteiger partial charge in [0.05, 0.1) is 10.7 Å². The number of nitrogens with zero attached hydrogens (tertiary/aromatic N) is 1. The molecule has 1 aromatic heterocycles. The maximum absolute atomic E-state index is 5.77. The second kappa shape index (κ2) is 3.64. The van der Waals surface area contributed by atoms with Crippen LogP contribution in [0.5, 0.6) is 0 Å². The van der Waals surface area contributed by atoms with Gasteiger partial charge in [0, 0.05) is 19.1 Å². The largest absolute Gasteiger partial charge is 0.389 e. The molecule has 2 heterocycles. The minimum Gasteiger partial charge on any atom is -0.389 e. The highest BCUT2D eigenvalue weighted by Gasteiger charge is 2.19. The van der Waals surface area contributed by atoms with Crippen molar-refractivity contribution in [1.82, 2.24) is 4.98 Å². The van der Waals surface area contributed by atoms with Gasteiger partial charge in [-0.2, -0.15) is 0 Å². The monoisotopic (exact) mass is 198 g/mol. The Labute approximate surface area is 81.9 Å². The molecule has 0 radical (unpaired) electrons. The fourth-order valence-corrected chi connectivity index (χ4v) is 2.55. The number of nitrogens with two attached hydrogens (primary N) is 1. The van der Waals surface area contributed by atoms with Gasteiger partial charge in [-0.1, -0.05) is 0 Å². The first-order valence-electron chi connectivity index (χ1n) is 4.58. The molecule has 0 amide bonds. The number of rotatable bonds is 1. The Bertz CT molecular complexity index is 272. The molecule has 1 aliphatic rings. The summed E-state index contributed by atoms with van der Waals surface area (Å²) in [5.74, 6) is 0.578. The highest BCUT2D eigenvalue weighted by atomic mass is 32.1. The van der Waals surface area contributed by atoms with E-state index in [2.05, 4.69) is 4.98 Å². The summed E-state index contributed by atoms with van der Waals surface area (Å²) >= 11 is 1.63. The van der Waals surface area contributed by atoms with Crippen LogP contribution in [0, 0.1) is 6.92 Å². The van der Waals surface area contributed by atoms with E-state index in [1.54, 1.807) is 11.3 Å². The third-order valence-corrected chi connectivity index (χ3v) is 3.57. The molecule has 13 heavy (non-hydrogen) atoms. The third-order valence-electron chi connectivity index (χ3n) is 2.42. The molecular formula is C9H14N2OS. The van der Waals surface area contributed by atoms with E-state index in [1.165, 1.54) is 5.01 Å². The molecule has 1 aromatic rings. The summed E-state index contributed by atoms with van der Waals surface area (Å²) in [6.07, 6.45) is 2.18. The molecule has 2 rings (SSSR count). The lowest BCUT2D eigenvalue weighted by molar-refractivity contribution is 0.0852. The summed E-state index contributed by atoms with van der Waals surface area (Å²) in [4.78, 5) is 4.47. The molecule has 4 heteroatoms. The Morgan fingerprint density at radius 3 is 2.69 bits per heavy atom. The van der Waals surface area contributed by atoms with Crippen LogP contribution in [0.4, 0.5) is 5.00 Å². The molecule has 1 fully saturated rings. The van der Waals surface area contributed by atoms with Crippen molar-refractivity contribution >= 4 is 16.3 Å². The fraction of sp³-hybridized carbons (Fsp3) is 0.667. The van der Waals surface area contributed by atoms with E-state index in [-0.39, 0.29) is 0 Å². The van der Waals surface area contributed by atoms with Crippen molar-refractivity contribution in [3.63, 3.8) is 0 Å². The van der Waals surface area contributed by atoms with E-state index in [0.717, 1.165) is 36.8 Å². The van der Waals surface area contributed by atoms with Crippen molar-refractivity contribution in [2.24, 2.45) is 0 Å². The lowest BCUT2D eigenvalue weighted by Crippen LogP contribution is -2.13. The summed E-state index contributed by atoms with van der Waals surface area (Å²) in [5.41, 5.74) is 6.75. The van der Waals surface area contributed by atoms with Crippen molar-refractivity contribution in [2.75, 3.05) is 18.9 Å². The SMILES string of the molecule is Cc1nc(C2CCOCC2)sc1N. The Balaban J connectivity index is 2.14. The van der Waals surface area contributed by atoms with Gasteiger partial charge in [0.2, 0.25) is 0 Å². The van der Waals surface area contributed by atoms with E-state index < -0.39 is 0 Å². The number of hydrogen-bond acceptors (Lipinski definition) is 4. The molecule has 0 saturated carbocycles. The summed E-state index contributed by atoms with van der Waals surface area (Å²) in [6, 6.07) is 0. The van der Waals surface area contributed by atoms with Crippen molar-refractivity contribution in [3.05, 3.63) is 10.7 Å². The molecule has 1 saturated heterocycles. The van der Waals surface area contributed by atoms with Crippen LogP contribution in [-0.2, 0) is 4.74 Å². The van der Waals surface area contributed by atoms with Gasteiger partial charge in [0.25, 0.3) is 0 Å². The van der Waals surface area contributed by atoms with Gasteiger partial charge >= 0.3 is 0 Å². The number of ether oxygens (including phenoxy) is 1. The zero-order valence-electron chi connectivity index (χ0n) is 7.75. The lowest BCUT2D eigenvalue weighted by atomic mass is 10.0. The zero-order valence-corrected chi connectivity index (χ0v) is 8.56. The van der Waals surface area contributed by atoms with Gasteiger partial charge in [0.1, 0.15) is 5.00 Å². The van der Waals surface area contributed by atoms with E-state index in [0.29, 0.717) is 5.92 Å². The Morgan fingerprint density at radius 2 is 2.15 bits per heavy atom. The van der Waals surface area contributed by atoms with Gasteiger partial charge in [-0.3, -0.25) is 0 Å². The van der Waals surface area contributed by atoms with Crippen LogP contribution in [0.2, 0.25) is 0 Å². The zero-order chi connectivity index (χ0) is 9.26. The molecule has 3 nitrogen and oxygen atoms in total. The van der Waals surface area contributed by atoms with Crippen LogP contribution in [0.1, 0.15) is 29.5 Å². The first-order valence-corrected chi connectivity index (χ1v) is 5.39. The number of thiazole rings is 1. The highest BCUT2D eigenvalue weighted by Crippen LogP contribution is 2.32. The first-order chi connectivity index (χ1) is 6.27. The molecule has 0 bridgehead atoms. The molecule has 0 spiro atoms. The maximum Gasteiger partial charge on any atom is 0.109 e. The normalized spacial score (nSPS) is 19.2. The van der Waals surface area contributed by atoms with Gasteiger partial charge in [-0.05, 0) is 19.8 Å². The highest BCUT2D eigenvalue weighted by molar-refractivity contribution is 7.15. The average Bonchev–Trinajstić information content (AvgIpc) is 2.49. The van der Waals surface area contributed by atoms with E-state index in [4.69, 9.17) is 10.5 Å². The molecular weight excluding hydrogens is 184 g/mol. The summed E-state index contributed by atoms with van der Waals surface area (Å²) in [6.45, 7) is 3.70. The molecule has 0 aromatic carbocycles. The quantitative estimate of drug-likeness (QED) is 0.750. The number of anilines is 1. The molecule has 72 valence electrons. The maximum atomic E-state index is 5.77. The minimum absolute atomic E-state index is 0.578. The van der Waals surface area contributed by atoms with Crippen LogP contribution in [0.25, 0.3) is 0 Å². The minimum atomic E-state index is 0.578. The predicted molar refractivity (Wildman–Crippen MR) is 54.1 cm³/mol. The van der Waals surface area contributed by atoms with Crippen molar-refractivity contribution in [2.45, 2.75) is 25.7 Å². The Kier molecular flexibility index (Phi) is 2.51. The number of aryl methyl sites for hydroxylation is 1. The van der Waals surface area contributed by atoms with Gasteiger partial charge in [-0.15, -0.1) is 11.3 Å². The third kappa shape index (κ3) is 1.84. The fourth-order valence-electron chi connectivity index (χ4n) is 1.55. The van der Waals surface area contributed by atoms with Crippen LogP contribution >= 0.6 is 11.3 Å². The van der Waals surface area contributed by atoms with Crippen molar-refractivity contribution in [3.8, 4) is 0 Å².